The van der Waals surface area contributed by atoms with Crippen molar-refractivity contribution in [2.24, 2.45) is 11.8 Å². The predicted molar refractivity (Wildman–Crippen MR) is 119 cm³/mol. The first-order chi connectivity index (χ1) is 14.1. The molecule has 2 aliphatic heterocycles. The first-order valence-electron chi connectivity index (χ1n) is 11.9. The summed E-state index contributed by atoms with van der Waals surface area (Å²) in [6.07, 6.45) is 16.3. The number of nitrogens with zero attached hydrogens (tertiary/aromatic N) is 1. The minimum atomic E-state index is -0.398. The van der Waals surface area contributed by atoms with E-state index in [0.717, 1.165) is 24.7 Å². The third-order valence-electron chi connectivity index (χ3n) is 6.47. The molecule has 0 saturated carbocycles. The minimum Gasteiger partial charge on any atom is -0.374 e. The van der Waals surface area contributed by atoms with Gasteiger partial charge < -0.3 is 9.47 Å². The fourth-order valence-corrected chi connectivity index (χ4v) is 5.85. The van der Waals surface area contributed by atoms with Crippen molar-refractivity contribution < 1.29 is 19.5 Å². The van der Waals surface area contributed by atoms with Crippen molar-refractivity contribution in [1.82, 2.24) is 5.06 Å². The number of ether oxygens (including phenoxy) is 2. The van der Waals surface area contributed by atoms with E-state index in [1.54, 1.807) is 0 Å². The molecule has 1 amide bonds. The summed E-state index contributed by atoms with van der Waals surface area (Å²) in [5.74, 6) is 3.74. The molecule has 2 fully saturated rings. The summed E-state index contributed by atoms with van der Waals surface area (Å²) < 4.78 is 11.6. The second-order valence-corrected chi connectivity index (χ2v) is 9.98. The molecule has 0 unspecified atom stereocenters. The number of hydrogen-bond acceptors (Lipinski definition) is 5. The van der Waals surface area contributed by atoms with Crippen LogP contribution >= 0.6 is 11.8 Å². The van der Waals surface area contributed by atoms with E-state index in [4.69, 9.17) is 14.7 Å². The number of carbonyl (C=O) groups is 1. The van der Waals surface area contributed by atoms with Crippen LogP contribution in [0.1, 0.15) is 84.0 Å². The first kappa shape index (κ1) is 25.0. The number of amides is 1. The van der Waals surface area contributed by atoms with Gasteiger partial charge in [0, 0.05) is 13.7 Å². The number of fused-ring (bicyclic) bond motifs is 2. The van der Waals surface area contributed by atoms with E-state index in [-0.39, 0.29) is 6.61 Å². The average Bonchev–Trinajstić information content (AvgIpc) is 3.31. The summed E-state index contributed by atoms with van der Waals surface area (Å²) in [5.41, 5.74) is 0. The summed E-state index contributed by atoms with van der Waals surface area (Å²) in [4.78, 5) is 11.3. The Kier molecular flexibility index (Phi) is 12.6. The second kappa shape index (κ2) is 14.7. The quantitative estimate of drug-likeness (QED) is 0.193. The minimum absolute atomic E-state index is 0.0382. The standard InChI is InChI=1S/C23H43NO4S/c1-3-4-5-9-16-29-17-10-7-12-20-19(21-13-14-22(20)28-21)11-6-8-15-27-18-23(25)24(2)26/h19-22,26H,3-18H2,1-2H3/t19-,20+,21-,22+/m0/s1. The highest BCUT2D eigenvalue weighted by Gasteiger charge is 2.47. The van der Waals surface area contributed by atoms with Gasteiger partial charge in [-0.1, -0.05) is 39.0 Å². The molecule has 0 aliphatic carbocycles. The van der Waals surface area contributed by atoms with Crippen LogP contribution in [-0.4, -0.2) is 60.2 Å². The lowest BCUT2D eigenvalue weighted by molar-refractivity contribution is -0.164. The van der Waals surface area contributed by atoms with Gasteiger partial charge in [-0.3, -0.25) is 10.0 Å². The Balaban J connectivity index is 1.53. The third-order valence-corrected chi connectivity index (χ3v) is 7.63. The number of likely N-dealkylation sites (N-methyl/N-ethyl adjacent to an activating group) is 1. The van der Waals surface area contributed by atoms with Crippen LogP contribution in [0, 0.1) is 11.8 Å². The summed E-state index contributed by atoms with van der Waals surface area (Å²) in [5, 5.41) is 9.59. The smallest absolute Gasteiger partial charge is 0.271 e. The first-order valence-corrected chi connectivity index (χ1v) is 13.0. The van der Waals surface area contributed by atoms with Crippen LogP contribution < -0.4 is 0 Å². The number of unbranched alkanes of at least 4 members (excludes halogenated alkanes) is 5. The van der Waals surface area contributed by atoms with Crippen LogP contribution in [-0.2, 0) is 14.3 Å². The van der Waals surface area contributed by atoms with Crippen molar-refractivity contribution >= 4 is 17.7 Å². The Bertz CT molecular complexity index is 449. The van der Waals surface area contributed by atoms with E-state index in [9.17, 15) is 4.79 Å². The molecule has 2 bridgehead atoms. The van der Waals surface area contributed by atoms with Gasteiger partial charge in [0.15, 0.2) is 0 Å². The second-order valence-electron chi connectivity index (χ2n) is 8.75. The zero-order valence-electron chi connectivity index (χ0n) is 18.7. The van der Waals surface area contributed by atoms with Gasteiger partial charge in [-0.05, 0) is 68.3 Å². The molecule has 0 radical (unpaired) electrons. The molecule has 2 saturated heterocycles. The Morgan fingerprint density at radius 2 is 1.62 bits per heavy atom. The van der Waals surface area contributed by atoms with E-state index in [1.165, 1.54) is 82.8 Å². The van der Waals surface area contributed by atoms with Gasteiger partial charge in [0.05, 0.1) is 12.2 Å². The van der Waals surface area contributed by atoms with E-state index < -0.39 is 5.91 Å². The maximum atomic E-state index is 11.3. The maximum Gasteiger partial charge on any atom is 0.271 e. The van der Waals surface area contributed by atoms with Crippen LogP contribution in [0.2, 0.25) is 0 Å². The van der Waals surface area contributed by atoms with Gasteiger partial charge in [0.2, 0.25) is 0 Å². The average molecular weight is 430 g/mol. The van der Waals surface area contributed by atoms with Gasteiger partial charge in [-0.2, -0.15) is 11.8 Å². The molecule has 2 heterocycles. The van der Waals surface area contributed by atoms with Gasteiger partial charge >= 0.3 is 0 Å². The van der Waals surface area contributed by atoms with Crippen molar-refractivity contribution in [3.8, 4) is 0 Å². The molecule has 0 aromatic heterocycles. The highest BCUT2D eigenvalue weighted by atomic mass is 32.2. The number of thioether (sulfide) groups is 1. The molecule has 1 N–H and O–H groups in total. The Labute approximate surface area is 182 Å². The van der Waals surface area contributed by atoms with Gasteiger partial charge in [-0.25, -0.2) is 5.06 Å². The lowest BCUT2D eigenvalue weighted by Gasteiger charge is -2.28. The predicted octanol–water partition coefficient (Wildman–Crippen LogP) is 5.30. The van der Waals surface area contributed by atoms with Crippen LogP contribution in [0.3, 0.4) is 0 Å². The number of carbonyl (C=O) groups excluding carboxylic acids is 1. The van der Waals surface area contributed by atoms with Crippen molar-refractivity contribution in [2.45, 2.75) is 96.2 Å². The lowest BCUT2D eigenvalue weighted by Crippen LogP contribution is -2.28. The molecular formula is C23H43NO4S. The third kappa shape index (κ3) is 9.16. The number of hydrogen-bond donors (Lipinski definition) is 1. The molecule has 2 aliphatic rings. The lowest BCUT2D eigenvalue weighted by atomic mass is 9.74. The van der Waals surface area contributed by atoms with Crippen molar-refractivity contribution in [3.05, 3.63) is 0 Å². The van der Waals surface area contributed by atoms with E-state index in [1.807, 2.05) is 0 Å². The van der Waals surface area contributed by atoms with Gasteiger partial charge in [-0.15, -0.1) is 0 Å². The maximum absolute atomic E-state index is 11.3. The Morgan fingerprint density at radius 3 is 2.24 bits per heavy atom. The molecule has 29 heavy (non-hydrogen) atoms. The molecular weight excluding hydrogens is 386 g/mol. The largest absolute Gasteiger partial charge is 0.374 e. The molecule has 170 valence electrons. The normalized spacial score (nSPS) is 25.6. The fraction of sp³-hybridized carbons (Fsp3) is 0.957. The Morgan fingerprint density at radius 1 is 1.00 bits per heavy atom. The van der Waals surface area contributed by atoms with Crippen LogP contribution in [0.5, 0.6) is 0 Å². The van der Waals surface area contributed by atoms with Crippen molar-refractivity contribution in [3.63, 3.8) is 0 Å². The monoisotopic (exact) mass is 429 g/mol. The van der Waals surface area contributed by atoms with Crippen LogP contribution in [0.15, 0.2) is 0 Å². The molecule has 0 aromatic rings. The van der Waals surface area contributed by atoms with E-state index >= 15 is 0 Å². The fourth-order valence-electron chi connectivity index (χ4n) is 4.82. The van der Waals surface area contributed by atoms with Crippen molar-refractivity contribution in [1.29, 1.82) is 0 Å². The summed E-state index contributed by atoms with van der Waals surface area (Å²) in [6, 6.07) is 0. The number of hydroxylamine groups is 2. The summed E-state index contributed by atoms with van der Waals surface area (Å²) in [7, 11) is 1.33. The molecule has 0 aromatic carbocycles. The number of rotatable bonds is 17. The zero-order valence-corrected chi connectivity index (χ0v) is 19.5. The Hall–Kier alpha value is -0.300. The highest BCUT2D eigenvalue weighted by Crippen LogP contribution is 2.47. The molecule has 6 heteroatoms. The zero-order chi connectivity index (χ0) is 20.9. The van der Waals surface area contributed by atoms with Crippen LogP contribution in [0.25, 0.3) is 0 Å². The summed E-state index contributed by atoms with van der Waals surface area (Å²) >= 11 is 2.14. The topological polar surface area (TPSA) is 59.0 Å². The van der Waals surface area contributed by atoms with E-state index in [2.05, 4.69) is 18.7 Å². The summed E-state index contributed by atoms with van der Waals surface area (Å²) in [6.45, 7) is 2.82. The molecule has 4 atom stereocenters. The van der Waals surface area contributed by atoms with Gasteiger partial charge in [0.25, 0.3) is 5.91 Å². The van der Waals surface area contributed by atoms with Crippen LogP contribution in [0.4, 0.5) is 0 Å². The highest BCUT2D eigenvalue weighted by molar-refractivity contribution is 7.99. The van der Waals surface area contributed by atoms with Gasteiger partial charge in [0.1, 0.15) is 6.61 Å². The van der Waals surface area contributed by atoms with Crippen molar-refractivity contribution in [2.75, 3.05) is 31.8 Å². The molecule has 0 spiro atoms. The molecule has 5 nitrogen and oxygen atoms in total. The SMILES string of the molecule is CCCCCCSCCCC[C@@H]1[C@H](CCCCOCC(=O)N(C)O)[C@@H]2CC[C@H]1O2. The molecule has 2 rings (SSSR count). The van der Waals surface area contributed by atoms with E-state index in [0.29, 0.717) is 23.9 Å².